The number of likely N-dealkylation sites (tertiary alicyclic amines) is 1. The molecule has 1 saturated heterocycles. The fourth-order valence-corrected chi connectivity index (χ4v) is 3.46. The maximum atomic E-state index is 12.8. The molecule has 3 rings (SSSR count). The molecule has 1 aliphatic heterocycles. The Kier molecular flexibility index (Phi) is 6.73. The van der Waals surface area contributed by atoms with Crippen LogP contribution in [0.3, 0.4) is 0 Å². The first-order chi connectivity index (χ1) is 13.4. The minimum Gasteiger partial charge on any atom is -0.348 e. The maximum Gasteiger partial charge on any atom is 0.416 e. The Bertz CT molecular complexity index is 779. The zero-order valence-electron chi connectivity index (χ0n) is 15.8. The number of carbonyl (C=O) groups excluding carboxylic acids is 1. The van der Waals surface area contributed by atoms with Gasteiger partial charge in [-0.15, -0.1) is 0 Å². The molecule has 1 fully saturated rings. The van der Waals surface area contributed by atoms with Gasteiger partial charge < -0.3 is 5.32 Å². The summed E-state index contributed by atoms with van der Waals surface area (Å²) in [5, 5.41) is 2.69. The van der Waals surface area contributed by atoms with Crippen LogP contribution >= 0.6 is 0 Å². The molecule has 2 aromatic rings. The SMILES string of the molecule is O=C(NCc1cccc(C(F)(F)F)c1)c1ccc(CN2CCCCCC2)cc1. The lowest BCUT2D eigenvalue weighted by Crippen LogP contribution is -2.24. The molecule has 0 bridgehead atoms. The fourth-order valence-electron chi connectivity index (χ4n) is 3.46. The molecule has 150 valence electrons. The molecule has 2 aromatic carbocycles. The number of carbonyl (C=O) groups is 1. The third kappa shape index (κ3) is 5.83. The summed E-state index contributed by atoms with van der Waals surface area (Å²) in [6, 6.07) is 12.4. The monoisotopic (exact) mass is 390 g/mol. The number of benzene rings is 2. The number of hydrogen-bond donors (Lipinski definition) is 1. The van der Waals surface area contributed by atoms with Crippen LogP contribution in [-0.4, -0.2) is 23.9 Å². The molecule has 6 heteroatoms. The van der Waals surface area contributed by atoms with Crippen molar-refractivity contribution in [3.63, 3.8) is 0 Å². The highest BCUT2D eigenvalue weighted by atomic mass is 19.4. The summed E-state index contributed by atoms with van der Waals surface area (Å²) in [4.78, 5) is 14.7. The topological polar surface area (TPSA) is 32.3 Å². The molecule has 0 aromatic heterocycles. The van der Waals surface area contributed by atoms with E-state index in [0.717, 1.165) is 37.3 Å². The van der Waals surface area contributed by atoms with Gasteiger partial charge in [0.1, 0.15) is 0 Å². The molecule has 0 unspecified atom stereocenters. The molecule has 0 radical (unpaired) electrons. The molecule has 0 saturated carbocycles. The lowest BCUT2D eigenvalue weighted by molar-refractivity contribution is -0.137. The quantitative estimate of drug-likeness (QED) is 0.778. The van der Waals surface area contributed by atoms with Gasteiger partial charge in [-0.3, -0.25) is 9.69 Å². The lowest BCUT2D eigenvalue weighted by atomic mass is 10.1. The lowest BCUT2D eigenvalue weighted by Gasteiger charge is -2.19. The van der Waals surface area contributed by atoms with Gasteiger partial charge in [0.15, 0.2) is 0 Å². The van der Waals surface area contributed by atoms with Crippen LogP contribution in [0, 0.1) is 0 Å². The second kappa shape index (κ2) is 9.24. The first-order valence-corrected chi connectivity index (χ1v) is 9.67. The van der Waals surface area contributed by atoms with E-state index in [2.05, 4.69) is 10.2 Å². The molecular formula is C22H25F3N2O. The minimum atomic E-state index is -4.39. The summed E-state index contributed by atoms with van der Waals surface area (Å²) in [5.74, 6) is -0.293. The van der Waals surface area contributed by atoms with E-state index in [-0.39, 0.29) is 12.5 Å². The molecule has 0 atom stereocenters. The molecular weight excluding hydrogens is 365 g/mol. The zero-order chi connectivity index (χ0) is 20.0. The largest absolute Gasteiger partial charge is 0.416 e. The van der Waals surface area contributed by atoms with Crippen molar-refractivity contribution < 1.29 is 18.0 Å². The normalized spacial score (nSPS) is 15.8. The predicted molar refractivity (Wildman–Crippen MR) is 103 cm³/mol. The molecule has 0 spiro atoms. The van der Waals surface area contributed by atoms with Crippen LogP contribution in [0.5, 0.6) is 0 Å². The number of alkyl halides is 3. The van der Waals surface area contributed by atoms with Gasteiger partial charge in [-0.05, 0) is 61.3 Å². The van der Waals surface area contributed by atoms with Gasteiger partial charge in [-0.25, -0.2) is 0 Å². The Balaban J connectivity index is 1.54. The average molecular weight is 390 g/mol. The maximum absolute atomic E-state index is 12.8. The predicted octanol–water partition coefficient (Wildman–Crippen LogP) is 5.01. The Hall–Kier alpha value is -2.34. The third-order valence-electron chi connectivity index (χ3n) is 5.03. The van der Waals surface area contributed by atoms with Crippen molar-refractivity contribution in [1.82, 2.24) is 10.2 Å². The van der Waals surface area contributed by atoms with Gasteiger partial charge in [0.2, 0.25) is 0 Å². The van der Waals surface area contributed by atoms with Crippen molar-refractivity contribution in [2.75, 3.05) is 13.1 Å². The summed E-state index contributed by atoms with van der Waals surface area (Å²) in [7, 11) is 0. The van der Waals surface area contributed by atoms with E-state index in [1.807, 2.05) is 12.1 Å². The van der Waals surface area contributed by atoms with E-state index in [1.165, 1.54) is 31.7 Å². The smallest absolute Gasteiger partial charge is 0.348 e. The van der Waals surface area contributed by atoms with Crippen molar-refractivity contribution in [3.05, 3.63) is 70.8 Å². The van der Waals surface area contributed by atoms with Crippen molar-refractivity contribution >= 4 is 5.91 Å². The number of nitrogens with one attached hydrogen (secondary N) is 1. The zero-order valence-corrected chi connectivity index (χ0v) is 15.8. The number of nitrogens with zero attached hydrogens (tertiary/aromatic N) is 1. The average Bonchev–Trinajstić information content (AvgIpc) is 2.95. The van der Waals surface area contributed by atoms with E-state index in [1.54, 1.807) is 18.2 Å². The van der Waals surface area contributed by atoms with E-state index < -0.39 is 11.7 Å². The summed E-state index contributed by atoms with van der Waals surface area (Å²) in [6.45, 7) is 3.16. The van der Waals surface area contributed by atoms with Gasteiger partial charge in [-0.1, -0.05) is 37.1 Å². The van der Waals surface area contributed by atoms with Crippen LogP contribution in [0.2, 0.25) is 0 Å². The second-order valence-electron chi connectivity index (χ2n) is 7.27. The minimum absolute atomic E-state index is 0.0539. The van der Waals surface area contributed by atoms with Crippen LogP contribution in [0.1, 0.15) is 52.7 Å². The summed E-state index contributed by atoms with van der Waals surface area (Å²) >= 11 is 0. The number of halogens is 3. The van der Waals surface area contributed by atoms with Crippen LogP contribution in [-0.2, 0) is 19.3 Å². The van der Waals surface area contributed by atoms with E-state index in [0.29, 0.717) is 11.1 Å². The highest BCUT2D eigenvalue weighted by Gasteiger charge is 2.30. The van der Waals surface area contributed by atoms with E-state index in [9.17, 15) is 18.0 Å². The van der Waals surface area contributed by atoms with Gasteiger partial charge in [-0.2, -0.15) is 13.2 Å². The van der Waals surface area contributed by atoms with Crippen LogP contribution in [0.15, 0.2) is 48.5 Å². The summed E-state index contributed by atoms with van der Waals surface area (Å²) < 4.78 is 38.3. The van der Waals surface area contributed by atoms with E-state index >= 15 is 0 Å². The molecule has 0 aliphatic carbocycles. The number of hydrogen-bond acceptors (Lipinski definition) is 2. The van der Waals surface area contributed by atoms with Crippen molar-refractivity contribution in [2.24, 2.45) is 0 Å². The Morgan fingerprint density at radius 3 is 2.25 bits per heavy atom. The van der Waals surface area contributed by atoms with E-state index in [4.69, 9.17) is 0 Å². The summed E-state index contributed by atoms with van der Waals surface area (Å²) in [5.41, 5.74) is 1.38. The highest BCUT2D eigenvalue weighted by Crippen LogP contribution is 2.29. The Morgan fingerprint density at radius 2 is 1.61 bits per heavy atom. The molecule has 1 N–H and O–H groups in total. The van der Waals surface area contributed by atoms with Crippen LogP contribution in [0.4, 0.5) is 13.2 Å². The Labute approximate surface area is 163 Å². The summed E-state index contributed by atoms with van der Waals surface area (Å²) in [6.07, 6.45) is 0.665. The molecule has 1 heterocycles. The Morgan fingerprint density at radius 1 is 0.929 bits per heavy atom. The molecule has 3 nitrogen and oxygen atoms in total. The standard InChI is InChI=1S/C22H25F3N2O/c23-22(24,25)20-7-5-6-18(14-20)15-26-21(28)19-10-8-17(9-11-19)16-27-12-3-1-2-4-13-27/h5-11,14H,1-4,12-13,15-16H2,(H,26,28). The third-order valence-corrected chi connectivity index (χ3v) is 5.03. The number of amides is 1. The van der Waals surface area contributed by atoms with Gasteiger partial charge in [0.25, 0.3) is 5.91 Å². The molecule has 1 aliphatic rings. The van der Waals surface area contributed by atoms with Gasteiger partial charge in [0.05, 0.1) is 5.56 Å². The number of rotatable bonds is 5. The van der Waals surface area contributed by atoms with Crippen LogP contribution in [0.25, 0.3) is 0 Å². The fraction of sp³-hybridized carbons (Fsp3) is 0.409. The van der Waals surface area contributed by atoms with Crippen molar-refractivity contribution in [3.8, 4) is 0 Å². The molecule has 1 amide bonds. The van der Waals surface area contributed by atoms with Gasteiger partial charge in [0, 0.05) is 18.7 Å². The first-order valence-electron chi connectivity index (χ1n) is 9.67. The first kappa shape index (κ1) is 20.4. The van der Waals surface area contributed by atoms with Crippen molar-refractivity contribution in [2.45, 2.75) is 44.9 Å². The molecule has 28 heavy (non-hydrogen) atoms. The van der Waals surface area contributed by atoms with Gasteiger partial charge >= 0.3 is 6.18 Å². The second-order valence-corrected chi connectivity index (χ2v) is 7.27. The highest BCUT2D eigenvalue weighted by molar-refractivity contribution is 5.94. The van der Waals surface area contributed by atoms with Crippen molar-refractivity contribution in [1.29, 1.82) is 0 Å². The van der Waals surface area contributed by atoms with Crippen LogP contribution < -0.4 is 5.32 Å².